The lowest BCUT2D eigenvalue weighted by Crippen LogP contribution is -2.26. The molecule has 1 amide bonds. The van der Waals surface area contributed by atoms with Crippen LogP contribution in [0.4, 0.5) is 0 Å². The maximum atomic E-state index is 11.1. The van der Waals surface area contributed by atoms with Gasteiger partial charge < -0.3 is 10.5 Å². The van der Waals surface area contributed by atoms with Gasteiger partial charge in [0, 0.05) is 0 Å². The van der Waals surface area contributed by atoms with E-state index < -0.39 is 0 Å². The number of rotatable bonds is 4. The van der Waals surface area contributed by atoms with Crippen molar-refractivity contribution in [1.29, 1.82) is 0 Å². The quantitative estimate of drug-likeness (QED) is 0.840. The molecule has 0 heterocycles. The Bertz CT molecular complexity index is 350. The van der Waals surface area contributed by atoms with Crippen molar-refractivity contribution >= 4 is 5.91 Å². The van der Waals surface area contributed by atoms with E-state index >= 15 is 0 Å². The molecule has 1 aliphatic rings. The number of hydrogen-bond donors (Lipinski definition) is 1. The normalized spacial score (nSPS) is 21.1. The molecule has 1 aliphatic carbocycles. The number of ether oxygens (including phenoxy) is 1. The van der Waals surface area contributed by atoms with Gasteiger partial charge in [-0.3, -0.25) is 4.79 Å². The van der Waals surface area contributed by atoms with Crippen molar-refractivity contribution in [3.8, 4) is 0 Å². The summed E-state index contributed by atoms with van der Waals surface area (Å²) in [5.41, 5.74) is 6.43. The maximum Gasteiger partial charge on any atom is 0.223 e. The first-order chi connectivity index (χ1) is 7.77. The predicted octanol–water partition coefficient (Wildman–Crippen LogP) is 2.02. The van der Waals surface area contributed by atoms with Gasteiger partial charge in [0.05, 0.1) is 12.5 Å². The van der Waals surface area contributed by atoms with E-state index in [2.05, 4.69) is 0 Å². The molecular formula is C13H16NO2. The van der Waals surface area contributed by atoms with E-state index in [9.17, 15) is 4.79 Å². The van der Waals surface area contributed by atoms with Crippen molar-refractivity contribution in [1.82, 2.24) is 0 Å². The second-order valence-electron chi connectivity index (χ2n) is 4.09. The Kier molecular flexibility index (Phi) is 3.57. The molecule has 0 bridgehead atoms. The van der Waals surface area contributed by atoms with Crippen molar-refractivity contribution in [2.24, 2.45) is 11.7 Å². The lowest BCUT2D eigenvalue weighted by atomic mass is 10.1. The summed E-state index contributed by atoms with van der Waals surface area (Å²) in [6.45, 7) is 0.528. The summed E-state index contributed by atoms with van der Waals surface area (Å²) in [4.78, 5) is 11.1. The third-order valence-corrected chi connectivity index (χ3v) is 2.92. The molecule has 16 heavy (non-hydrogen) atoms. The van der Waals surface area contributed by atoms with Crippen LogP contribution in [0, 0.1) is 12.0 Å². The third-order valence-electron chi connectivity index (χ3n) is 2.92. The van der Waals surface area contributed by atoms with Crippen molar-refractivity contribution < 1.29 is 9.53 Å². The fourth-order valence-electron chi connectivity index (χ4n) is 2.04. The highest BCUT2D eigenvalue weighted by Gasteiger charge is 2.33. The molecule has 0 spiro atoms. The lowest BCUT2D eigenvalue weighted by Gasteiger charge is -2.16. The number of benzene rings is 1. The van der Waals surface area contributed by atoms with Crippen LogP contribution in [0.3, 0.4) is 0 Å². The summed E-state index contributed by atoms with van der Waals surface area (Å²) in [5, 5.41) is 0. The lowest BCUT2D eigenvalue weighted by molar-refractivity contribution is -0.122. The minimum atomic E-state index is -0.263. The van der Waals surface area contributed by atoms with Crippen LogP contribution in [0.1, 0.15) is 24.8 Å². The number of carbonyl (C=O) groups is 1. The van der Waals surface area contributed by atoms with E-state index in [0.717, 1.165) is 30.9 Å². The molecule has 2 rings (SSSR count). The smallest absolute Gasteiger partial charge is 0.223 e. The van der Waals surface area contributed by atoms with Crippen LogP contribution in [-0.4, -0.2) is 5.91 Å². The summed E-state index contributed by atoms with van der Waals surface area (Å²) in [6.07, 6.45) is 3.55. The predicted molar refractivity (Wildman–Crippen MR) is 61.0 cm³/mol. The molecule has 2 N–H and O–H groups in total. The van der Waals surface area contributed by atoms with Crippen LogP contribution < -0.4 is 5.73 Å². The van der Waals surface area contributed by atoms with Gasteiger partial charge in [-0.2, -0.15) is 0 Å². The summed E-state index contributed by atoms with van der Waals surface area (Å²) in [6, 6.07) is 9.94. The Morgan fingerprint density at radius 3 is 2.81 bits per heavy atom. The van der Waals surface area contributed by atoms with E-state index in [-0.39, 0.29) is 11.8 Å². The van der Waals surface area contributed by atoms with Crippen molar-refractivity contribution in [2.45, 2.75) is 25.9 Å². The fourth-order valence-corrected chi connectivity index (χ4v) is 2.04. The van der Waals surface area contributed by atoms with Crippen LogP contribution in [0.15, 0.2) is 30.3 Å². The molecule has 3 nitrogen and oxygen atoms in total. The zero-order valence-electron chi connectivity index (χ0n) is 9.19. The Hall–Kier alpha value is -1.35. The average Bonchev–Trinajstić information content (AvgIpc) is 2.76. The van der Waals surface area contributed by atoms with Crippen LogP contribution in [0.5, 0.6) is 0 Å². The van der Waals surface area contributed by atoms with Crippen LogP contribution in [0.2, 0.25) is 0 Å². The SMILES string of the molecule is NC(=O)[C@H]1CCC[C]1OCc1ccccc1. The Morgan fingerprint density at radius 2 is 2.12 bits per heavy atom. The van der Waals surface area contributed by atoms with Gasteiger partial charge >= 0.3 is 0 Å². The molecule has 0 aliphatic heterocycles. The van der Waals surface area contributed by atoms with Gasteiger partial charge in [-0.05, 0) is 24.8 Å². The minimum Gasteiger partial charge on any atom is -0.369 e. The summed E-state index contributed by atoms with van der Waals surface area (Å²) in [7, 11) is 0. The zero-order valence-corrected chi connectivity index (χ0v) is 9.19. The molecule has 1 aromatic rings. The fraction of sp³-hybridized carbons (Fsp3) is 0.385. The highest BCUT2D eigenvalue weighted by Crippen LogP contribution is 2.34. The second kappa shape index (κ2) is 5.12. The first kappa shape index (κ1) is 11.1. The number of carbonyl (C=O) groups excluding carboxylic acids is 1. The van der Waals surface area contributed by atoms with Gasteiger partial charge in [-0.1, -0.05) is 30.3 Å². The van der Waals surface area contributed by atoms with Gasteiger partial charge in [0.25, 0.3) is 0 Å². The van der Waals surface area contributed by atoms with E-state index in [4.69, 9.17) is 10.5 Å². The largest absolute Gasteiger partial charge is 0.369 e. The molecular weight excluding hydrogens is 202 g/mol. The van der Waals surface area contributed by atoms with Gasteiger partial charge in [-0.15, -0.1) is 0 Å². The van der Waals surface area contributed by atoms with Gasteiger partial charge in [0.1, 0.15) is 6.10 Å². The van der Waals surface area contributed by atoms with Crippen molar-refractivity contribution in [3.05, 3.63) is 42.0 Å². The Balaban J connectivity index is 1.88. The van der Waals surface area contributed by atoms with Crippen LogP contribution >= 0.6 is 0 Å². The standard InChI is InChI=1S/C13H16NO2/c14-13(15)11-7-4-8-12(11)16-9-10-5-2-1-3-6-10/h1-3,5-6,11H,4,7-9H2,(H2,14,15)/t11-/m0/s1. The van der Waals surface area contributed by atoms with Crippen LogP contribution in [-0.2, 0) is 16.1 Å². The first-order valence-corrected chi connectivity index (χ1v) is 5.59. The van der Waals surface area contributed by atoms with E-state index in [1.807, 2.05) is 30.3 Å². The van der Waals surface area contributed by atoms with Gasteiger partial charge in [-0.25, -0.2) is 0 Å². The number of nitrogens with two attached hydrogens (primary N) is 1. The van der Waals surface area contributed by atoms with Crippen molar-refractivity contribution in [3.63, 3.8) is 0 Å². The van der Waals surface area contributed by atoms with Gasteiger partial charge in [0.15, 0.2) is 0 Å². The molecule has 1 saturated carbocycles. The summed E-state index contributed by atoms with van der Waals surface area (Å²) in [5.74, 6) is -0.440. The number of amides is 1. The average molecular weight is 218 g/mol. The topological polar surface area (TPSA) is 52.3 Å². The van der Waals surface area contributed by atoms with Crippen molar-refractivity contribution in [2.75, 3.05) is 0 Å². The first-order valence-electron chi connectivity index (χ1n) is 5.59. The summed E-state index contributed by atoms with van der Waals surface area (Å²) >= 11 is 0. The number of hydrogen-bond acceptors (Lipinski definition) is 2. The Labute approximate surface area is 95.6 Å². The maximum absolute atomic E-state index is 11.1. The van der Waals surface area contributed by atoms with Crippen LogP contribution in [0.25, 0.3) is 0 Å². The molecule has 0 aromatic heterocycles. The highest BCUT2D eigenvalue weighted by atomic mass is 16.5. The second-order valence-corrected chi connectivity index (χ2v) is 4.09. The molecule has 0 saturated heterocycles. The monoisotopic (exact) mass is 218 g/mol. The molecule has 3 heteroatoms. The molecule has 1 aromatic carbocycles. The number of primary amides is 1. The van der Waals surface area contributed by atoms with E-state index in [1.54, 1.807) is 0 Å². The molecule has 1 atom stereocenters. The zero-order chi connectivity index (χ0) is 11.4. The Morgan fingerprint density at radius 1 is 1.38 bits per heavy atom. The molecule has 1 radical (unpaired) electrons. The molecule has 0 unspecified atom stereocenters. The van der Waals surface area contributed by atoms with Gasteiger partial charge in [0.2, 0.25) is 5.91 Å². The molecule has 85 valence electrons. The van der Waals surface area contributed by atoms with E-state index in [0.29, 0.717) is 6.61 Å². The minimum absolute atomic E-state index is 0.177. The highest BCUT2D eigenvalue weighted by molar-refractivity contribution is 5.78. The molecule has 1 fully saturated rings. The third kappa shape index (κ3) is 2.61. The summed E-state index contributed by atoms with van der Waals surface area (Å²) < 4.78 is 5.68. The van der Waals surface area contributed by atoms with E-state index in [1.165, 1.54) is 0 Å².